The Labute approximate surface area is 169 Å². The molecule has 1 amide bonds. The Morgan fingerprint density at radius 1 is 0.929 bits per heavy atom. The molecule has 1 aromatic heterocycles. The lowest BCUT2D eigenvalue weighted by Gasteiger charge is -2.09. The van der Waals surface area contributed by atoms with Gasteiger partial charge in [-0.1, -0.05) is 65.9 Å². The second-order valence-electron chi connectivity index (χ2n) is 6.86. The maximum absolute atomic E-state index is 12.8. The summed E-state index contributed by atoms with van der Waals surface area (Å²) >= 11 is 1.71. The lowest BCUT2D eigenvalue weighted by atomic mass is 10.2. The van der Waals surface area contributed by atoms with Crippen molar-refractivity contribution in [3.8, 4) is 0 Å². The van der Waals surface area contributed by atoms with E-state index in [0.29, 0.717) is 6.42 Å². The van der Waals surface area contributed by atoms with E-state index in [-0.39, 0.29) is 5.91 Å². The molecular formula is C24H22N2OS. The van der Waals surface area contributed by atoms with E-state index in [1.807, 2.05) is 68.6 Å². The summed E-state index contributed by atoms with van der Waals surface area (Å²) < 4.78 is 2.13. The summed E-state index contributed by atoms with van der Waals surface area (Å²) in [7, 11) is 2.03. The fourth-order valence-corrected chi connectivity index (χ4v) is 4.46. The first-order valence-electron chi connectivity index (χ1n) is 9.27. The highest BCUT2D eigenvalue weighted by molar-refractivity contribution is 7.99. The van der Waals surface area contributed by atoms with Crippen molar-refractivity contribution in [2.75, 3.05) is 5.32 Å². The number of amides is 1. The van der Waals surface area contributed by atoms with Crippen LogP contribution in [0.15, 0.2) is 88.7 Å². The number of nitrogens with zero attached hydrogens (tertiary/aromatic N) is 1. The van der Waals surface area contributed by atoms with Crippen molar-refractivity contribution in [3.05, 3.63) is 90.1 Å². The van der Waals surface area contributed by atoms with Crippen LogP contribution >= 0.6 is 11.8 Å². The monoisotopic (exact) mass is 386 g/mol. The normalized spacial score (nSPS) is 10.9. The second-order valence-corrected chi connectivity index (χ2v) is 7.94. The largest absolute Gasteiger partial charge is 0.346 e. The number of benzene rings is 3. The van der Waals surface area contributed by atoms with Crippen molar-refractivity contribution in [3.63, 3.8) is 0 Å². The molecule has 4 heteroatoms. The summed E-state index contributed by atoms with van der Waals surface area (Å²) in [6, 6.07) is 26.5. The lowest BCUT2D eigenvalue weighted by molar-refractivity contribution is -0.115. The van der Waals surface area contributed by atoms with Gasteiger partial charge in [-0.3, -0.25) is 4.79 Å². The maximum Gasteiger partial charge on any atom is 0.230 e. The van der Waals surface area contributed by atoms with Gasteiger partial charge in [0.1, 0.15) is 0 Å². The van der Waals surface area contributed by atoms with E-state index in [1.165, 1.54) is 15.8 Å². The summed E-state index contributed by atoms with van der Waals surface area (Å²) in [4.78, 5) is 15.1. The van der Waals surface area contributed by atoms with E-state index in [1.54, 1.807) is 11.8 Å². The first-order valence-corrected chi connectivity index (χ1v) is 10.1. The minimum atomic E-state index is -0.00956. The average Bonchev–Trinajstić information content (AvgIpc) is 2.97. The number of hydrogen-bond acceptors (Lipinski definition) is 2. The fourth-order valence-electron chi connectivity index (χ4n) is 3.32. The van der Waals surface area contributed by atoms with Crippen molar-refractivity contribution >= 4 is 34.3 Å². The minimum absolute atomic E-state index is 0.00956. The maximum atomic E-state index is 12.8. The van der Waals surface area contributed by atoms with Crippen LogP contribution in [0.2, 0.25) is 0 Å². The molecule has 0 atom stereocenters. The fraction of sp³-hybridized carbons (Fsp3) is 0.125. The van der Waals surface area contributed by atoms with Gasteiger partial charge < -0.3 is 9.88 Å². The third-order valence-corrected chi connectivity index (χ3v) is 5.97. The summed E-state index contributed by atoms with van der Waals surface area (Å²) in [5, 5.41) is 4.20. The van der Waals surface area contributed by atoms with Crippen LogP contribution in [0.4, 0.5) is 5.69 Å². The van der Waals surface area contributed by atoms with Crippen LogP contribution in [0.5, 0.6) is 0 Å². The number of carbonyl (C=O) groups is 1. The second kappa shape index (κ2) is 7.95. The van der Waals surface area contributed by atoms with Gasteiger partial charge in [-0.15, -0.1) is 0 Å². The molecule has 0 aliphatic carbocycles. The molecule has 140 valence electrons. The number of fused-ring (bicyclic) bond motifs is 1. The molecule has 0 aliphatic heterocycles. The molecule has 1 heterocycles. The van der Waals surface area contributed by atoms with Gasteiger partial charge in [0.2, 0.25) is 5.91 Å². The van der Waals surface area contributed by atoms with E-state index in [9.17, 15) is 4.79 Å². The number of rotatable bonds is 5. The van der Waals surface area contributed by atoms with Crippen molar-refractivity contribution in [1.82, 2.24) is 4.57 Å². The number of aryl methyl sites for hydroxylation is 2. The van der Waals surface area contributed by atoms with Gasteiger partial charge in [0, 0.05) is 39.1 Å². The number of aromatic nitrogens is 1. The van der Waals surface area contributed by atoms with E-state index < -0.39 is 0 Å². The van der Waals surface area contributed by atoms with E-state index in [4.69, 9.17) is 0 Å². The predicted molar refractivity (Wildman–Crippen MR) is 117 cm³/mol. The van der Waals surface area contributed by atoms with Crippen molar-refractivity contribution in [1.29, 1.82) is 0 Å². The first kappa shape index (κ1) is 18.4. The molecule has 0 saturated carbocycles. The molecular weight excluding hydrogens is 364 g/mol. The number of para-hydroxylation sites is 1. The SMILES string of the molecule is Cc1ccc(NC(=O)Cc2c(Sc3ccccc3)c3ccccc3n2C)cc1. The summed E-state index contributed by atoms with van der Waals surface area (Å²) in [5.41, 5.74) is 4.17. The summed E-state index contributed by atoms with van der Waals surface area (Å²) in [5.74, 6) is -0.00956. The Morgan fingerprint density at radius 2 is 1.61 bits per heavy atom. The zero-order chi connectivity index (χ0) is 19.5. The van der Waals surface area contributed by atoms with Crippen LogP contribution in [0, 0.1) is 6.92 Å². The van der Waals surface area contributed by atoms with E-state index in [0.717, 1.165) is 21.8 Å². The van der Waals surface area contributed by atoms with E-state index >= 15 is 0 Å². The zero-order valence-electron chi connectivity index (χ0n) is 16.0. The Kier molecular flexibility index (Phi) is 5.22. The summed E-state index contributed by atoms with van der Waals surface area (Å²) in [6.45, 7) is 2.04. The topological polar surface area (TPSA) is 34.0 Å². The predicted octanol–water partition coefficient (Wildman–Crippen LogP) is 5.82. The molecule has 4 rings (SSSR count). The molecule has 1 N–H and O–H groups in total. The number of carbonyl (C=O) groups excluding carboxylic acids is 1. The lowest BCUT2D eigenvalue weighted by Crippen LogP contribution is -2.16. The Hall–Kier alpha value is -2.98. The van der Waals surface area contributed by atoms with Crippen LogP contribution in [0.25, 0.3) is 10.9 Å². The third-order valence-electron chi connectivity index (χ3n) is 4.80. The van der Waals surface area contributed by atoms with Crippen molar-refractivity contribution in [2.45, 2.75) is 23.1 Å². The van der Waals surface area contributed by atoms with Crippen LogP contribution in [0.1, 0.15) is 11.3 Å². The number of anilines is 1. The molecule has 0 fully saturated rings. The third kappa shape index (κ3) is 3.82. The highest BCUT2D eigenvalue weighted by Gasteiger charge is 2.18. The molecule has 3 aromatic carbocycles. The van der Waals surface area contributed by atoms with Crippen LogP contribution < -0.4 is 5.32 Å². The van der Waals surface area contributed by atoms with Gasteiger partial charge in [-0.2, -0.15) is 0 Å². The highest BCUT2D eigenvalue weighted by atomic mass is 32.2. The van der Waals surface area contributed by atoms with Gasteiger partial charge >= 0.3 is 0 Å². The molecule has 0 unspecified atom stereocenters. The molecule has 28 heavy (non-hydrogen) atoms. The first-order chi connectivity index (χ1) is 13.6. The van der Waals surface area contributed by atoms with Gasteiger partial charge in [0.05, 0.1) is 6.42 Å². The quantitative estimate of drug-likeness (QED) is 0.469. The van der Waals surface area contributed by atoms with Crippen LogP contribution in [0.3, 0.4) is 0 Å². The van der Waals surface area contributed by atoms with Gasteiger partial charge in [0.15, 0.2) is 0 Å². The molecule has 4 aromatic rings. The average molecular weight is 387 g/mol. The van der Waals surface area contributed by atoms with E-state index in [2.05, 4.69) is 34.1 Å². The minimum Gasteiger partial charge on any atom is -0.346 e. The highest BCUT2D eigenvalue weighted by Crippen LogP contribution is 2.38. The van der Waals surface area contributed by atoms with Crippen molar-refractivity contribution < 1.29 is 4.79 Å². The Morgan fingerprint density at radius 3 is 2.36 bits per heavy atom. The molecule has 0 bridgehead atoms. The molecule has 0 spiro atoms. The van der Waals surface area contributed by atoms with Crippen molar-refractivity contribution in [2.24, 2.45) is 7.05 Å². The Balaban J connectivity index is 1.67. The standard InChI is InChI=1S/C24H22N2OS/c1-17-12-14-18(15-13-17)25-23(27)16-22-24(28-19-8-4-3-5-9-19)20-10-6-7-11-21(20)26(22)2/h3-15H,16H2,1-2H3,(H,25,27). The number of nitrogens with one attached hydrogen (secondary N) is 1. The van der Waals surface area contributed by atoms with Crippen LogP contribution in [-0.2, 0) is 18.3 Å². The Bertz CT molecular complexity index is 1110. The van der Waals surface area contributed by atoms with Gasteiger partial charge in [-0.25, -0.2) is 0 Å². The molecule has 0 saturated heterocycles. The zero-order valence-corrected chi connectivity index (χ0v) is 16.8. The summed E-state index contributed by atoms with van der Waals surface area (Å²) in [6.07, 6.45) is 0.328. The number of hydrogen-bond donors (Lipinski definition) is 1. The molecule has 0 radical (unpaired) electrons. The molecule has 0 aliphatic rings. The molecule has 3 nitrogen and oxygen atoms in total. The van der Waals surface area contributed by atoms with Gasteiger partial charge in [0.25, 0.3) is 0 Å². The van der Waals surface area contributed by atoms with Crippen LogP contribution in [-0.4, -0.2) is 10.5 Å². The van der Waals surface area contributed by atoms with Gasteiger partial charge in [-0.05, 0) is 37.3 Å². The smallest absolute Gasteiger partial charge is 0.230 e.